The van der Waals surface area contributed by atoms with E-state index >= 15 is 0 Å². The fraction of sp³-hybridized carbons (Fsp3) is 0.600. The molecule has 0 bridgehead atoms. The summed E-state index contributed by atoms with van der Waals surface area (Å²) in [5.74, 6) is -0.144. The molecule has 2 nitrogen and oxygen atoms in total. The van der Waals surface area contributed by atoms with Crippen molar-refractivity contribution >= 4 is 0 Å². The Morgan fingerprint density at radius 2 is 1.72 bits per heavy atom. The van der Waals surface area contributed by atoms with Crippen LogP contribution in [0.25, 0.3) is 0 Å². The molecule has 0 amide bonds. The van der Waals surface area contributed by atoms with E-state index in [-0.39, 0.29) is 16.8 Å². The number of nitrogens with zero attached hydrogens (tertiary/aromatic N) is 1. The van der Waals surface area contributed by atoms with Crippen LogP contribution in [-0.4, -0.2) is 24.0 Å². The third kappa shape index (κ3) is 3.79. The molecule has 0 saturated carbocycles. The topological polar surface area (TPSA) is 29.3 Å². The van der Waals surface area contributed by atoms with Crippen molar-refractivity contribution in [2.24, 2.45) is 11.1 Å². The van der Waals surface area contributed by atoms with E-state index in [2.05, 4.69) is 18.7 Å². The summed E-state index contributed by atoms with van der Waals surface area (Å²) in [7, 11) is 2.00. The van der Waals surface area contributed by atoms with Crippen LogP contribution in [0, 0.1) is 11.2 Å². The number of benzene rings is 1. The molecule has 3 heteroatoms. The molecule has 0 saturated heterocycles. The molecule has 18 heavy (non-hydrogen) atoms. The van der Waals surface area contributed by atoms with Crippen LogP contribution >= 0.6 is 0 Å². The van der Waals surface area contributed by atoms with Gasteiger partial charge < -0.3 is 10.6 Å². The predicted molar refractivity (Wildman–Crippen MR) is 74.8 cm³/mol. The van der Waals surface area contributed by atoms with Gasteiger partial charge in [-0.25, -0.2) is 4.39 Å². The van der Waals surface area contributed by atoms with Gasteiger partial charge in [-0.3, -0.25) is 0 Å². The molecule has 0 aromatic heterocycles. The van der Waals surface area contributed by atoms with Crippen LogP contribution in [0.4, 0.5) is 4.39 Å². The summed E-state index contributed by atoms with van der Waals surface area (Å²) in [4.78, 5) is 2.12. The van der Waals surface area contributed by atoms with Gasteiger partial charge in [-0.2, -0.15) is 0 Å². The van der Waals surface area contributed by atoms with Crippen LogP contribution < -0.4 is 5.73 Å². The van der Waals surface area contributed by atoms with Crippen molar-refractivity contribution in [2.45, 2.75) is 39.8 Å². The highest BCUT2D eigenvalue weighted by Gasteiger charge is 2.34. The van der Waals surface area contributed by atoms with Crippen LogP contribution in [-0.2, 0) is 6.54 Å². The van der Waals surface area contributed by atoms with Crippen molar-refractivity contribution in [2.75, 3.05) is 13.6 Å². The zero-order valence-electron chi connectivity index (χ0n) is 12.1. The number of hydrogen-bond acceptors (Lipinski definition) is 2. The molecular weight excluding hydrogens is 227 g/mol. The monoisotopic (exact) mass is 252 g/mol. The molecule has 2 N–H and O–H groups in total. The molecule has 102 valence electrons. The van der Waals surface area contributed by atoms with E-state index in [1.807, 2.05) is 33.0 Å². The molecular formula is C15H25FN2. The number of hydrogen-bond donors (Lipinski definition) is 1. The summed E-state index contributed by atoms with van der Waals surface area (Å²) in [6.45, 7) is 9.78. The number of halogens is 1. The molecule has 0 aliphatic carbocycles. The average Bonchev–Trinajstić information content (AvgIpc) is 2.19. The quantitative estimate of drug-likeness (QED) is 0.873. The SMILES string of the molecule is CN(Cc1ccccc1F)CC(C)(C)C(C)(C)N. The first kappa shape index (κ1) is 15.1. The van der Waals surface area contributed by atoms with Crippen molar-refractivity contribution in [3.05, 3.63) is 35.6 Å². The molecule has 0 aliphatic heterocycles. The Hall–Kier alpha value is -0.930. The van der Waals surface area contributed by atoms with Gasteiger partial charge in [0, 0.05) is 24.2 Å². The van der Waals surface area contributed by atoms with Gasteiger partial charge in [0.15, 0.2) is 0 Å². The maximum atomic E-state index is 13.6. The van der Waals surface area contributed by atoms with E-state index in [0.29, 0.717) is 6.54 Å². The first-order valence-electron chi connectivity index (χ1n) is 6.34. The van der Waals surface area contributed by atoms with Crippen LogP contribution in [0.3, 0.4) is 0 Å². The predicted octanol–water partition coefficient (Wildman–Crippen LogP) is 3.02. The van der Waals surface area contributed by atoms with Gasteiger partial charge >= 0.3 is 0 Å². The zero-order valence-corrected chi connectivity index (χ0v) is 12.1. The lowest BCUT2D eigenvalue weighted by atomic mass is 9.75. The second-order valence-electron chi connectivity index (χ2n) is 6.37. The lowest BCUT2D eigenvalue weighted by Crippen LogP contribution is -2.52. The van der Waals surface area contributed by atoms with E-state index in [1.165, 1.54) is 6.07 Å². The normalized spacial score (nSPS) is 13.1. The molecule has 0 unspecified atom stereocenters. The molecule has 0 aliphatic rings. The van der Waals surface area contributed by atoms with Gasteiger partial charge in [0.1, 0.15) is 5.82 Å². The van der Waals surface area contributed by atoms with Crippen molar-refractivity contribution in [1.29, 1.82) is 0 Å². The summed E-state index contributed by atoms with van der Waals surface area (Å²) in [5, 5.41) is 0. The molecule has 0 spiro atoms. The molecule has 1 aromatic carbocycles. The van der Waals surface area contributed by atoms with Gasteiger partial charge in [-0.05, 0) is 32.4 Å². The fourth-order valence-electron chi connectivity index (χ4n) is 1.85. The van der Waals surface area contributed by atoms with Crippen molar-refractivity contribution in [3.63, 3.8) is 0 Å². The van der Waals surface area contributed by atoms with Gasteiger partial charge in [0.05, 0.1) is 0 Å². The minimum atomic E-state index is -0.267. The summed E-state index contributed by atoms with van der Waals surface area (Å²) in [5.41, 5.74) is 6.61. The van der Waals surface area contributed by atoms with E-state index < -0.39 is 0 Å². The zero-order chi connectivity index (χ0) is 14.0. The molecule has 0 atom stereocenters. The van der Waals surface area contributed by atoms with E-state index in [9.17, 15) is 4.39 Å². The molecule has 0 radical (unpaired) electrons. The minimum absolute atomic E-state index is 0.0347. The Balaban J connectivity index is 2.68. The van der Waals surface area contributed by atoms with Crippen molar-refractivity contribution in [3.8, 4) is 0 Å². The summed E-state index contributed by atoms with van der Waals surface area (Å²) < 4.78 is 13.6. The highest BCUT2D eigenvalue weighted by molar-refractivity contribution is 5.17. The maximum Gasteiger partial charge on any atom is 0.127 e. The number of rotatable bonds is 5. The first-order valence-corrected chi connectivity index (χ1v) is 6.34. The number of nitrogens with two attached hydrogens (primary N) is 1. The first-order chi connectivity index (χ1) is 8.13. The lowest BCUT2D eigenvalue weighted by Gasteiger charge is -2.41. The largest absolute Gasteiger partial charge is 0.325 e. The standard InChI is InChI=1S/C15H25FN2/c1-14(2,15(3,4)17)11-18(5)10-12-8-6-7-9-13(12)16/h6-9H,10-11,17H2,1-5H3. The maximum absolute atomic E-state index is 13.6. The van der Waals surface area contributed by atoms with Crippen LogP contribution in [0.1, 0.15) is 33.3 Å². The summed E-state index contributed by atoms with van der Waals surface area (Å²) in [6.07, 6.45) is 0. The highest BCUT2D eigenvalue weighted by Crippen LogP contribution is 2.29. The molecule has 1 rings (SSSR count). The smallest absolute Gasteiger partial charge is 0.127 e. The van der Waals surface area contributed by atoms with Crippen LogP contribution in [0.15, 0.2) is 24.3 Å². The Labute approximate surface area is 110 Å². The van der Waals surface area contributed by atoms with Gasteiger partial charge in [-0.1, -0.05) is 32.0 Å². The van der Waals surface area contributed by atoms with E-state index in [0.717, 1.165) is 12.1 Å². The molecule has 1 aromatic rings. The van der Waals surface area contributed by atoms with Gasteiger partial charge in [0.25, 0.3) is 0 Å². The van der Waals surface area contributed by atoms with E-state index in [4.69, 9.17) is 5.73 Å². The second kappa shape index (κ2) is 5.37. The fourth-order valence-corrected chi connectivity index (χ4v) is 1.85. The van der Waals surface area contributed by atoms with Crippen LogP contribution in [0.2, 0.25) is 0 Å². The Kier molecular flexibility index (Phi) is 4.51. The molecule has 0 fully saturated rings. The summed E-state index contributed by atoms with van der Waals surface area (Å²) >= 11 is 0. The van der Waals surface area contributed by atoms with Crippen LogP contribution in [0.5, 0.6) is 0 Å². The van der Waals surface area contributed by atoms with E-state index in [1.54, 1.807) is 6.07 Å². The lowest BCUT2D eigenvalue weighted by molar-refractivity contribution is 0.126. The van der Waals surface area contributed by atoms with Gasteiger partial charge in [0.2, 0.25) is 0 Å². The summed E-state index contributed by atoms with van der Waals surface area (Å²) in [6, 6.07) is 6.91. The third-order valence-electron chi connectivity index (χ3n) is 3.81. The molecule has 0 heterocycles. The Morgan fingerprint density at radius 3 is 2.22 bits per heavy atom. The third-order valence-corrected chi connectivity index (χ3v) is 3.81. The second-order valence-corrected chi connectivity index (χ2v) is 6.37. The minimum Gasteiger partial charge on any atom is -0.325 e. The highest BCUT2D eigenvalue weighted by atomic mass is 19.1. The average molecular weight is 252 g/mol. The van der Waals surface area contributed by atoms with Gasteiger partial charge in [-0.15, -0.1) is 0 Å². The Bertz CT molecular complexity index is 394. The Morgan fingerprint density at radius 1 is 1.17 bits per heavy atom. The van der Waals surface area contributed by atoms with Crippen molar-refractivity contribution < 1.29 is 4.39 Å². The van der Waals surface area contributed by atoms with Crippen molar-refractivity contribution in [1.82, 2.24) is 4.90 Å².